The normalized spacial score (nSPS) is 21.0. The average Bonchev–Trinajstić information content (AvgIpc) is 3.21. The fraction of sp³-hybridized carbons (Fsp3) is 0.273. The van der Waals surface area contributed by atoms with Crippen LogP contribution < -0.4 is 4.90 Å². The number of hydrogen-bond donors (Lipinski definition) is 0. The third kappa shape index (κ3) is 3.62. The van der Waals surface area contributed by atoms with Gasteiger partial charge >= 0.3 is 0 Å². The molecular formula is C22H18ClFN4O3. The Kier molecular flexibility index (Phi) is 5.38. The van der Waals surface area contributed by atoms with Crippen molar-refractivity contribution in [3.05, 3.63) is 64.4 Å². The van der Waals surface area contributed by atoms with E-state index in [-0.39, 0.29) is 43.2 Å². The van der Waals surface area contributed by atoms with Gasteiger partial charge in [-0.05, 0) is 42.3 Å². The lowest BCUT2D eigenvalue weighted by atomic mass is 9.90. The Balaban J connectivity index is 1.73. The summed E-state index contributed by atoms with van der Waals surface area (Å²) in [6, 6.07) is 12.5. The van der Waals surface area contributed by atoms with E-state index in [9.17, 15) is 18.8 Å². The monoisotopic (exact) mass is 440 g/mol. The van der Waals surface area contributed by atoms with E-state index in [0.717, 1.165) is 16.5 Å². The van der Waals surface area contributed by atoms with Crippen molar-refractivity contribution in [3.8, 4) is 6.07 Å². The highest BCUT2D eigenvalue weighted by Gasteiger charge is 2.56. The lowest BCUT2D eigenvalue weighted by molar-refractivity contribution is -0.151. The predicted molar refractivity (Wildman–Crippen MR) is 110 cm³/mol. The standard InChI is InChI=1S/C22H18ClFN4O3/c23-17-4-1-15(2-5-17)11-28-20(30)12-27(19-6-3-16(10-25)9-18(19)24)21(31)22(28)7-8-26(13-22)14-29/h1-6,9,14H,7-8,11-13H2/t22-/m1/s1. The van der Waals surface area contributed by atoms with Crippen LogP contribution in [0.15, 0.2) is 42.5 Å². The largest absolute Gasteiger partial charge is 0.342 e. The number of rotatable bonds is 4. The molecule has 0 radical (unpaired) electrons. The highest BCUT2D eigenvalue weighted by molar-refractivity contribution is 6.30. The summed E-state index contributed by atoms with van der Waals surface area (Å²) in [6.07, 6.45) is 0.895. The summed E-state index contributed by atoms with van der Waals surface area (Å²) in [4.78, 5) is 42.3. The summed E-state index contributed by atoms with van der Waals surface area (Å²) in [5.74, 6) is -1.56. The maximum Gasteiger partial charge on any atom is 0.255 e. The van der Waals surface area contributed by atoms with E-state index >= 15 is 0 Å². The van der Waals surface area contributed by atoms with Gasteiger partial charge in [-0.1, -0.05) is 23.7 Å². The number of carbonyl (C=O) groups excluding carboxylic acids is 3. The van der Waals surface area contributed by atoms with Crippen LogP contribution in [0.25, 0.3) is 0 Å². The molecule has 7 nitrogen and oxygen atoms in total. The van der Waals surface area contributed by atoms with Gasteiger partial charge < -0.3 is 9.80 Å². The van der Waals surface area contributed by atoms with E-state index in [1.54, 1.807) is 24.3 Å². The summed E-state index contributed by atoms with van der Waals surface area (Å²) in [5.41, 5.74) is -0.458. The van der Waals surface area contributed by atoms with E-state index in [1.165, 1.54) is 21.9 Å². The highest BCUT2D eigenvalue weighted by atomic mass is 35.5. The van der Waals surface area contributed by atoms with E-state index in [0.29, 0.717) is 18.0 Å². The number of hydrogen-bond acceptors (Lipinski definition) is 4. The van der Waals surface area contributed by atoms with Crippen LogP contribution in [-0.4, -0.2) is 53.2 Å². The van der Waals surface area contributed by atoms with Crippen molar-refractivity contribution >= 4 is 35.5 Å². The molecule has 158 valence electrons. The molecule has 0 aromatic heterocycles. The van der Waals surface area contributed by atoms with Gasteiger partial charge in [0.1, 0.15) is 17.9 Å². The molecule has 3 amide bonds. The summed E-state index contributed by atoms with van der Waals surface area (Å²) < 4.78 is 14.7. The molecular weight excluding hydrogens is 423 g/mol. The van der Waals surface area contributed by atoms with Crippen molar-refractivity contribution in [2.45, 2.75) is 18.5 Å². The molecule has 2 aromatic rings. The number of anilines is 1. The van der Waals surface area contributed by atoms with Gasteiger partial charge in [0.2, 0.25) is 12.3 Å². The zero-order valence-electron chi connectivity index (χ0n) is 16.4. The van der Waals surface area contributed by atoms with E-state index < -0.39 is 17.3 Å². The smallest absolute Gasteiger partial charge is 0.255 e. The quantitative estimate of drug-likeness (QED) is 0.683. The Bertz CT molecular complexity index is 1100. The molecule has 4 rings (SSSR count). The fourth-order valence-electron chi connectivity index (χ4n) is 4.21. The van der Waals surface area contributed by atoms with Gasteiger partial charge in [0, 0.05) is 18.1 Å². The fourth-order valence-corrected chi connectivity index (χ4v) is 4.33. The van der Waals surface area contributed by atoms with Gasteiger partial charge in [-0.25, -0.2) is 4.39 Å². The summed E-state index contributed by atoms with van der Waals surface area (Å²) in [7, 11) is 0. The Labute approximate surface area is 183 Å². The van der Waals surface area contributed by atoms with Crippen LogP contribution in [-0.2, 0) is 20.9 Å². The van der Waals surface area contributed by atoms with Crippen LogP contribution in [0, 0.1) is 17.1 Å². The molecule has 31 heavy (non-hydrogen) atoms. The molecule has 2 saturated heterocycles. The molecule has 0 saturated carbocycles. The van der Waals surface area contributed by atoms with Crippen LogP contribution in [0.4, 0.5) is 10.1 Å². The number of benzene rings is 2. The predicted octanol–water partition coefficient (Wildman–Crippen LogP) is 2.33. The first kappa shape index (κ1) is 20.8. The van der Waals surface area contributed by atoms with Gasteiger partial charge in [-0.15, -0.1) is 0 Å². The number of piperazine rings is 1. The van der Waals surface area contributed by atoms with Gasteiger partial charge in [0.05, 0.1) is 23.9 Å². The van der Waals surface area contributed by atoms with Crippen LogP contribution in [0.3, 0.4) is 0 Å². The first-order chi connectivity index (χ1) is 14.9. The third-order valence-electron chi connectivity index (χ3n) is 5.80. The molecule has 2 aromatic carbocycles. The van der Waals surface area contributed by atoms with Gasteiger partial charge in [0.25, 0.3) is 5.91 Å². The Morgan fingerprint density at radius 1 is 1.19 bits per heavy atom. The van der Waals surface area contributed by atoms with E-state index in [2.05, 4.69) is 0 Å². The molecule has 2 fully saturated rings. The molecule has 2 aliphatic heterocycles. The molecule has 9 heteroatoms. The maximum absolute atomic E-state index is 14.7. The number of carbonyl (C=O) groups is 3. The Morgan fingerprint density at radius 2 is 1.94 bits per heavy atom. The number of likely N-dealkylation sites (tertiary alicyclic amines) is 1. The second-order valence-electron chi connectivity index (χ2n) is 7.63. The Hall–Kier alpha value is -3.44. The third-order valence-corrected chi connectivity index (χ3v) is 6.05. The van der Waals surface area contributed by atoms with Crippen LogP contribution in [0.2, 0.25) is 5.02 Å². The first-order valence-corrected chi connectivity index (χ1v) is 10.0. The lowest BCUT2D eigenvalue weighted by Gasteiger charge is -2.47. The van der Waals surface area contributed by atoms with Crippen LogP contribution in [0.5, 0.6) is 0 Å². The van der Waals surface area contributed by atoms with Crippen LogP contribution in [0.1, 0.15) is 17.5 Å². The summed E-state index contributed by atoms with van der Waals surface area (Å²) in [5, 5.41) is 9.52. The van der Waals surface area contributed by atoms with Crippen LogP contribution >= 0.6 is 11.6 Å². The number of nitrogens with zero attached hydrogens (tertiary/aromatic N) is 4. The minimum Gasteiger partial charge on any atom is -0.342 e. The average molecular weight is 441 g/mol. The topological polar surface area (TPSA) is 84.7 Å². The Morgan fingerprint density at radius 3 is 2.55 bits per heavy atom. The second-order valence-corrected chi connectivity index (χ2v) is 8.07. The van der Waals surface area contributed by atoms with Crippen molar-refractivity contribution in [1.29, 1.82) is 5.26 Å². The van der Waals surface area contributed by atoms with Crippen molar-refractivity contribution in [2.24, 2.45) is 0 Å². The molecule has 1 spiro atoms. The van der Waals surface area contributed by atoms with Crippen molar-refractivity contribution in [2.75, 3.05) is 24.5 Å². The zero-order valence-corrected chi connectivity index (χ0v) is 17.2. The minimum absolute atomic E-state index is 0.0308. The van der Waals surface area contributed by atoms with Crippen molar-refractivity contribution in [1.82, 2.24) is 9.80 Å². The first-order valence-electron chi connectivity index (χ1n) is 9.64. The second kappa shape index (κ2) is 8.00. The zero-order chi connectivity index (χ0) is 22.2. The van der Waals surface area contributed by atoms with E-state index in [1.807, 2.05) is 6.07 Å². The number of amides is 3. The molecule has 0 bridgehead atoms. The number of nitriles is 1. The highest BCUT2D eigenvalue weighted by Crippen LogP contribution is 2.37. The SMILES string of the molecule is N#Cc1ccc(N2CC(=O)N(Cc3ccc(Cl)cc3)[C@@]3(CCN(C=O)C3)C2=O)c(F)c1. The molecule has 0 unspecified atom stereocenters. The molecule has 0 aliphatic carbocycles. The molecule has 1 atom stereocenters. The van der Waals surface area contributed by atoms with Crippen molar-refractivity contribution in [3.63, 3.8) is 0 Å². The number of halogens is 2. The maximum atomic E-state index is 14.7. The summed E-state index contributed by atoms with van der Waals surface area (Å²) >= 11 is 5.95. The van der Waals surface area contributed by atoms with Crippen molar-refractivity contribution < 1.29 is 18.8 Å². The van der Waals surface area contributed by atoms with Gasteiger partial charge in [-0.3, -0.25) is 19.3 Å². The van der Waals surface area contributed by atoms with E-state index in [4.69, 9.17) is 16.9 Å². The molecule has 2 aliphatic rings. The molecule has 0 N–H and O–H groups in total. The lowest BCUT2D eigenvalue weighted by Crippen LogP contribution is -2.69. The minimum atomic E-state index is -1.30. The van der Waals surface area contributed by atoms with Gasteiger partial charge in [-0.2, -0.15) is 5.26 Å². The van der Waals surface area contributed by atoms with Gasteiger partial charge in [0.15, 0.2) is 0 Å². The summed E-state index contributed by atoms with van der Waals surface area (Å²) in [6.45, 7) is 0.169. The molecule has 2 heterocycles.